The van der Waals surface area contributed by atoms with Crippen molar-refractivity contribution in [2.45, 2.75) is 52.9 Å². The van der Waals surface area contributed by atoms with Gasteiger partial charge in [-0.1, -0.05) is 20.3 Å². The number of hydrogen-bond donors (Lipinski definition) is 1. The van der Waals surface area contributed by atoms with Gasteiger partial charge in [0.15, 0.2) is 0 Å². The van der Waals surface area contributed by atoms with E-state index in [9.17, 15) is 4.79 Å². The van der Waals surface area contributed by atoms with Gasteiger partial charge in [0.2, 0.25) is 0 Å². The Morgan fingerprint density at radius 3 is 2.53 bits per heavy atom. The van der Waals surface area contributed by atoms with Crippen LogP contribution in [0.5, 0.6) is 0 Å². The summed E-state index contributed by atoms with van der Waals surface area (Å²) >= 11 is 0. The molecule has 19 heavy (non-hydrogen) atoms. The fraction of sp³-hybridized carbons (Fsp3) is 0.933. The molecule has 114 valence electrons. The van der Waals surface area contributed by atoms with Crippen molar-refractivity contribution < 1.29 is 14.3 Å². The maximum atomic E-state index is 11.1. The molecule has 0 aromatic heterocycles. The van der Waals surface area contributed by atoms with Gasteiger partial charge in [-0.05, 0) is 45.2 Å². The second kappa shape index (κ2) is 13.8. The number of nitrogens with one attached hydrogen (secondary N) is 1. The van der Waals surface area contributed by atoms with Crippen LogP contribution in [0.2, 0.25) is 0 Å². The average molecular weight is 273 g/mol. The number of carbonyl (C=O) groups excluding carboxylic acids is 1. The van der Waals surface area contributed by atoms with E-state index in [4.69, 9.17) is 9.47 Å². The van der Waals surface area contributed by atoms with E-state index in [1.54, 1.807) is 0 Å². The van der Waals surface area contributed by atoms with E-state index in [1.807, 2.05) is 6.92 Å². The Kier molecular flexibility index (Phi) is 13.4. The summed E-state index contributed by atoms with van der Waals surface area (Å²) in [4.78, 5) is 11.1. The number of hydrogen-bond acceptors (Lipinski definition) is 4. The lowest BCUT2D eigenvalue weighted by Gasteiger charge is -2.07. The van der Waals surface area contributed by atoms with Crippen molar-refractivity contribution in [3.8, 4) is 0 Å². The van der Waals surface area contributed by atoms with Crippen molar-refractivity contribution in [3.05, 3.63) is 0 Å². The van der Waals surface area contributed by atoms with Crippen LogP contribution in [0.3, 0.4) is 0 Å². The molecular formula is C15H31NO3. The summed E-state index contributed by atoms with van der Waals surface area (Å²) in [6.07, 6.45) is 4.74. The topological polar surface area (TPSA) is 47.6 Å². The number of unbranched alkanes of at least 4 members (excludes halogenated alkanes) is 2. The molecule has 0 aliphatic rings. The zero-order valence-corrected chi connectivity index (χ0v) is 12.9. The summed E-state index contributed by atoms with van der Waals surface area (Å²) in [5.41, 5.74) is 0. The van der Waals surface area contributed by atoms with Crippen molar-refractivity contribution in [2.24, 2.45) is 5.92 Å². The molecule has 0 aliphatic carbocycles. The van der Waals surface area contributed by atoms with Crippen molar-refractivity contribution in [3.63, 3.8) is 0 Å². The highest BCUT2D eigenvalue weighted by Crippen LogP contribution is 2.00. The fourth-order valence-corrected chi connectivity index (χ4v) is 1.67. The standard InChI is InChI=1S/C15H31NO3/c1-4-19-15(17)9-6-5-7-10-16-11-8-12-18-13-14(2)3/h14,16H,4-13H2,1-3H3. The number of rotatable bonds is 13. The normalized spacial score (nSPS) is 10.9. The molecule has 0 rings (SSSR count). The van der Waals surface area contributed by atoms with Crippen LogP contribution in [-0.2, 0) is 14.3 Å². The van der Waals surface area contributed by atoms with Gasteiger partial charge in [-0.15, -0.1) is 0 Å². The number of ether oxygens (including phenoxy) is 2. The average Bonchev–Trinajstić information content (AvgIpc) is 2.36. The van der Waals surface area contributed by atoms with Crippen LogP contribution in [0.1, 0.15) is 52.9 Å². The fourth-order valence-electron chi connectivity index (χ4n) is 1.67. The highest BCUT2D eigenvalue weighted by Gasteiger charge is 2.00. The van der Waals surface area contributed by atoms with Crippen LogP contribution in [0, 0.1) is 5.92 Å². The molecule has 1 N–H and O–H groups in total. The molecule has 4 nitrogen and oxygen atoms in total. The van der Waals surface area contributed by atoms with Crippen LogP contribution < -0.4 is 5.32 Å². The Hall–Kier alpha value is -0.610. The Labute approximate surface area is 118 Å². The molecule has 4 heteroatoms. The van der Waals surface area contributed by atoms with Gasteiger partial charge in [-0.2, -0.15) is 0 Å². The van der Waals surface area contributed by atoms with Crippen molar-refractivity contribution >= 4 is 5.97 Å². The SMILES string of the molecule is CCOC(=O)CCCCCNCCCOCC(C)C. The minimum Gasteiger partial charge on any atom is -0.466 e. The lowest BCUT2D eigenvalue weighted by atomic mass is 10.2. The molecule has 0 aromatic rings. The van der Waals surface area contributed by atoms with Crippen LogP contribution in [-0.4, -0.2) is 38.9 Å². The molecule has 0 unspecified atom stereocenters. The van der Waals surface area contributed by atoms with Gasteiger partial charge in [0, 0.05) is 19.6 Å². The molecule has 0 aromatic carbocycles. The Balaban J connectivity index is 3.05. The predicted molar refractivity (Wildman–Crippen MR) is 78.2 cm³/mol. The first-order valence-corrected chi connectivity index (χ1v) is 7.60. The van der Waals surface area contributed by atoms with Gasteiger partial charge in [0.25, 0.3) is 0 Å². The Bertz CT molecular complexity index is 208. The van der Waals surface area contributed by atoms with E-state index in [0.29, 0.717) is 18.9 Å². The zero-order chi connectivity index (χ0) is 14.3. The molecule has 0 spiro atoms. The second-order valence-corrected chi connectivity index (χ2v) is 5.19. The van der Waals surface area contributed by atoms with Crippen molar-refractivity contribution in [2.75, 3.05) is 32.9 Å². The van der Waals surface area contributed by atoms with Crippen LogP contribution >= 0.6 is 0 Å². The molecule has 0 amide bonds. The molecule has 0 bridgehead atoms. The Morgan fingerprint density at radius 2 is 1.84 bits per heavy atom. The first-order valence-electron chi connectivity index (χ1n) is 7.60. The summed E-state index contributed by atoms with van der Waals surface area (Å²) < 4.78 is 10.4. The molecule has 0 saturated carbocycles. The molecule has 0 heterocycles. The van der Waals surface area contributed by atoms with Gasteiger partial charge in [0.05, 0.1) is 6.61 Å². The smallest absolute Gasteiger partial charge is 0.305 e. The molecule has 0 aliphatic heterocycles. The first kappa shape index (κ1) is 18.4. The highest BCUT2D eigenvalue weighted by atomic mass is 16.5. The van der Waals surface area contributed by atoms with Crippen molar-refractivity contribution in [1.82, 2.24) is 5.32 Å². The summed E-state index contributed by atoms with van der Waals surface area (Å²) in [5, 5.41) is 3.39. The minimum absolute atomic E-state index is 0.0715. The van der Waals surface area contributed by atoms with Gasteiger partial charge < -0.3 is 14.8 Å². The Morgan fingerprint density at radius 1 is 1.11 bits per heavy atom. The van der Waals surface area contributed by atoms with Gasteiger partial charge in [-0.25, -0.2) is 0 Å². The maximum absolute atomic E-state index is 11.1. The first-order chi connectivity index (χ1) is 9.16. The van der Waals surface area contributed by atoms with Gasteiger partial charge >= 0.3 is 5.97 Å². The largest absolute Gasteiger partial charge is 0.466 e. The maximum Gasteiger partial charge on any atom is 0.305 e. The van der Waals surface area contributed by atoms with E-state index >= 15 is 0 Å². The van der Waals surface area contributed by atoms with Crippen LogP contribution in [0.4, 0.5) is 0 Å². The van der Waals surface area contributed by atoms with Crippen molar-refractivity contribution in [1.29, 1.82) is 0 Å². The summed E-state index contributed by atoms with van der Waals surface area (Å²) in [6.45, 7) is 10.4. The summed E-state index contributed by atoms with van der Waals surface area (Å²) in [7, 11) is 0. The van der Waals surface area contributed by atoms with E-state index in [2.05, 4.69) is 19.2 Å². The van der Waals surface area contributed by atoms with Gasteiger partial charge in [-0.3, -0.25) is 4.79 Å². The van der Waals surface area contributed by atoms with E-state index in [1.165, 1.54) is 0 Å². The third-order valence-corrected chi connectivity index (χ3v) is 2.63. The third kappa shape index (κ3) is 15.3. The second-order valence-electron chi connectivity index (χ2n) is 5.19. The highest BCUT2D eigenvalue weighted by molar-refractivity contribution is 5.69. The summed E-state index contributed by atoms with van der Waals surface area (Å²) in [6, 6.07) is 0. The number of carbonyl (C=O) groups is 1. The quantitative estimate of drug-likeness (QED) is 0.414. The lowest BCUT2D eigenvalue weighted by molar-refractivity contribution is -0.143. The van der Waals surface area contributed by atoms with Gasteiger partial charge in [0.1, 0.15) is 0 Å². The van der Waals surface area contributed by atoms with E-state index in [-0.39, 0.29) is 5.97 Å². The molecular weight excluding hydrogens is 242 g/mol. The zero-order valence-electron chi connectivity index (χ0n) is 12.9. The molecule has 0 atom stereocenters. The molecule has 0 radical (unpaired) electrons. The van der Waals surface area contributed by atoms with E-state index in [0.717, 1.165) is 52.0 Å². The van der Waals surface area contributed by atoms with Crippen LogP contribution in [0.25, 0.3) is 0 Å². The number of esters is 1. The lowest BCUT2D eigenvalue weighted by Crippen LogP contribution is -2.18. The summed E-state index contributed by atoms with van der Waals surface area (Å²) in [5.74, 6) is 0.546. The minimum atomic E-state index is -0.0715. The van der Waals surface area contributed by atoms with Crippen LogP contribution in [0.15, 0.2) is 0 Å². The molecule has 0 saturated heterocycles. The van der Waals surface area contributed by atoms with E-state index < -0.39 is 0 Å². The predicted octanol–water partition coefficient (Wildman–Crippen LogP) is 2.76. The monoisotopic (exact) mass is 273 g/mol. The third-order valence-electron chi connectivity index (χ3n) is 2.63. The molecule has 0 fully saturated rings.